The van der Waals surface area contributed by atoms with Gasteiger partial charge in [-0.05, 0) is 47.6 Å². The molecule has 0 atom stereocenters. The molecule has 0 fully saturated rings. The van der Waals surface area contributed by atoms with Gasteiger partial charge in [0.25, 0.3) is 0 Å². The van der Waals surface area contributed by atoms with Gasteiger partial charge in [0.1, 0.15) is 0 Å². The van der Waals surface area contributed by atoms with Gasteiger partial charge in [-0.2, -0.15) is 10.2 Å². The van der Waals surface area contributed by atoms with E-state index in [4.69, 9.17) is 12.2 Å². The van der Waals surface area contributed by atoms with E-state index in [1.165, 1.54) is 0 Å². The minimum Gasteiger partial charge on any atom is -0.265 e. The molecule has 2 aromatic rings. The molecule has 20 heavy (non-hydrogen) atoms. The lowest BCUT2D eigenvalue weighted by Gasteiger charge is -2.00. The molecular formula is C13H12N6S. The molecule has 0 aliphatic heterocycles. The number of nitrogens with one attached hydrogen (secondary N) is 2. The van der Waals surface area contributed by atoms with E-state index in [-0.39, 0.29) is 0 Å². The molecule has 0 radical (unpaired) electrons. The summed E-state index contributed by atoms with van der Waals surface area (Å²) in [5.74, 6) is 0. The highest BCUT2D eigenvalue weighted by Gasteiger charge is 1.90. The van der Waals surface area contributed by atoms with Gasteiger partial charge in [-0.3, -0.25) is 20.8 Å². The average Bonchev–Trinajstić information content (AvgIpc) is 2.49. The Morgan fingerprint density at radius 3 is 1.65 bits per heavy atom. The third kappa shape index (κ3) is 4.91. The maximum Gasteiger partial charge on any atom is 0.207 e. The Labute approximate surface area is 121 Å². The molecule has 0 amide bonds. The SMILES string of the molecule is S=C(N/N=C\c1ccncc1)N/N=C\c1ccncc1. The second-order valence-corrected chi connectivity index (χ2v) is 4.04. The Hall–Kier alpha value is -2.67. The molecule has 6 nitrogen and oxygen atoms in total. The van der Waals surface area contributed by atoms with Gasteiger partial charge >= 0.3 is 0 Å². The van der Waals surface area contributed by atoms with Crippen LogP contribution in [0.3, 0.4) is 0 Å². The first kappa shape index (κ1) is 13.8. The third-order valence-electron chi connectivity index (χ3n) is 2.17. The Balaban J connectivity index is 1.76. The predicted octanol–water partition coefficient (Wildman–Crippen LogP) is 1.31. The molecule has 0 aliphatic rings. The lowest BCUT2D eigenvalue weighted by atomic mass is 10.3. The van der Waals surface area contributed by atoms with Crippen LogP contribution < -0.4 is 10.9 Å². The highest BCUT2D eigenvalue weighted by atomic mass is 32.1. The fraction of sp³-hybridized carbons (Fsp3) is 0. The van der Waals surface area contributed by atoms with E-state index in [1.54, 1.807) is 37.2 Å². The first-order valence-corrected chi connectivity index (χ1v) is 6.17. The summed E-state index contributed by atoms with van der Waals surface area (Å²) in [6.07, 6.45) is 10.0. The largest absolute Gasteiger partial charge is 0.265 e. The Bertz CT molecular complexity index is 543. The van der Waals surface area contributed by atoms with Crippen molar-refractivity contribution in [1.29, 1.82) is 0 Å². The summed E-state index contributed by atoms with van der Waals surface area (Å²) in [6, 6.07) is 7.35. The molecule has 100 valence electrons. The molecule has 0 unspecified atom stereocenters. The van der Waals surface area contributed by atoms with Crippen LogP contribution in [-0.2, 0) is 0 Å². The average molecular weight is 284 g/mol. The summed E-state index contributed by atoms with van der Waals surface area (Å²) < 4.78 is 0. The van der Waals surface area contributed by atoms with Gasteiger partial charge in [-0.25, -0.2) is 0 Å². The summed E-state index contributed by atoms with van der Waals surface area (Å²) in [4.78, 5) is 7.83. The number of hydrogen-bond acceptors (Lipinski definition) is 5. The standard InChI is InChI=1S/C13H12N6S/c20-13(18-16-9-11-1-5-14-6-2-11)19-17-10-12-3-7-15-8-4-12/h1-10H,(H2,18,19,20)/b16-9-,17-10-. The summed E-state index contributed by atoms with van der Waals surface area (Å²) in [5, 5.41) is 8.26. The number of pyridine rings is 2. The highest BCUT2D eigenvalue weighted by Crippen LogP contribution is 1.91. The Morgan fingerprint density at radius 2 is 1.25 bits per heavy atom. The van der Waals surface area contributed by atoms with Crippen LogP contribution in [0.1, 0.15) is 11.1 Å². The van der Waals surface area contributed by atoms with E-state index in [1.807, 2.05) is 24.3 Å². The second kappa shape index (κ2) is 7.70. The smallest absolute Gasteiger partial charge is 0.207 e. The summed E-state index contributed by atoms with van der Waals surface area (Å²) in [7, 11) is 0. The van der Waals surface area contributed by atoms with Crippen molar-refractivity contribution in [3.8, 4) is 0 Å². The van der Waals surface area contributed by atoms with Crippen LogP contribution in [0.15, 0.2) is 59.3 Å². The van der Waals surface area contributed by atoms with E-state index in [0.29, 0.717) is 5.11 Å². The maximum absolute atomic E-state index is 5.01. The zero-order chi connectivity index (χ0) is 14.0. The molecule has 0 aromatic carbocycles. The predicted molar refractivity (Wildman–Crippen MR) is 82.5 cm³/mol. The van der Waals surface area contributed by atoms with E-state index < -0.39 is 0 Å². The number of nitrogens with zero attached hydrogens (tertiary/aromatic N) is 4. The number of thiocarbonyl (C=S) groups is 1. The van der Waals surface area contributed by atoms with Crippen LogP contribution in [0.25, 0.3) is 0 Å². The van der Waals surface area contributed by atoms with Gasteiger partial charge in [0.05, 0.1) is 12.4 Å². The van der Waals surface area contributed by atoms with E-state index in [9.17, 15) is 0 Å². The van der Waals surface area contributed by atoms with Crippen molar-refractivity contribution in [2.75, 3.05) is 0 Å². The number of hydrogen-bond donors (Lipinski definition) is 2. The zero-order valence-corrected chi connectivity index (χ0v) is 11.3. The Morgan fingerprint density at radius 1 is 0.850 bits per heavy atom. The van der Waals surface area contributed by atoms with Gasteiger partial charge in [-0.1, -0.05) is 0 Å². The molecule has 7 heteroatoms. The first-order chi connectivity index (χ1) is 9.84. The van der Waals surface area contributed by atoms with E-state index >= 15 is 0 Å². The van der Waals surface area contributed by atoms with Gasteiger partial charge in [0.15, 0.2) is 0 Å². The van der Waals surface area contributed by atoms with Crippen LogP contribution in [0.2, 0.25) is 0 Å². The molecular weight excluding hydrogens is 272 g/mol. The summed E-state index contributed by atoms with van der Waals surface area (Å²) in [5.41, 5.74) is 7.17. The van der Waals surface area contributed by atoms with Crippen molar-refractivity contribution in [3.05, 3.63) is 60.2 Å². The lowest BCUT2D eigenvalue weighted by Crippen LogP contribution is -2.28. The van der Waals surface area contributed by atoms with E-state index in [0.717, 1.165) is 11.1 Å². The van der Waals surface area contributed by atoms with Crippen LogP contribution in [0.5, 0.6) is 0 Å². The molecule has 0 spiro atoms. The van der Waals surface area contributed by atoms with Gasteiger partial charge in [0, 0.05) is 24.8 Å². The monoisotopic (exact) mass is 284 g/mol. The maximum atomic E-state index is 5.01. The minimum atomic E-state index is 0.306. The van der Waals surface area contributed by atoms with Crippen LogP contribution >= 0.6 is 12.2 Å². The van der Waals surface area contributed by atoms with Crippen molar-refractivity contribution < 1.29 is 0 Å². The molecule has 2 N–H and O–H groups in total. The van der Waals surface area contributed by atoms with Crippen LogP contribution in [0.4, 0.5) is 0 Å². The molecule has 2 heterocycles. The zero-order valence-electron chi connectivity index (χ0n) is 10.5. The quantitative estimate of drug-likeness (QED) is 0.503. The van der Waals surface area contributed by atoms with Gasteiger partial charge < -0.3 is 0 Å². The third-order valence-corrected chi connectivity index (χ3v) is 2.35. The van der Waals surface area contributed by atoms with Gasteiger partial charge in [0.2, 0.25) is 5.11 Å². The van der Waals surface area contributed by atoms with Crippen LogP contribution in [0, 0.1) is 0 Å². The molecule has 0 saturated heterocycles. The van der Waals surface area contributed by atoms with Crippen molar-refractivity contribution in [1.82, 2.24) is 20.8 Å². The van der Waals surface area contributed by atoms with Crippen molar-refractivity contribution in [2.45, 2.75) is 0 Å². The van der Waals surface area contributed by atoms with Crippen molar-refractivity contribution in [2.24, 2.45) is 10.2 Å². The van der Waals surface area contributed by atoms with Crippen molar-refractivity contribution in [3.63, 3.8) is 0 Å². The first-order valence-electron chi connectivity index (χ1n) is 5.77. The second-order valence-electron chi connectivity index (χ2n) is 3.63. The summed E-state index contributed by atoms with van der Waals surface area (Å²) >= 11 is 5.01. The molecule has 0 saturated carbocycles. The van der Waals surface area contributed by atoms with Gasteiger partial charge in [-0.15, -0.1) is 0 Å². The van der Waals surface area contributed by atoms with Crippen LogP contribution in [-0.4, -0.2) is 27.5 Å². The minimum absolute atomic E-state index is 0.306. The number of hydrazone groups is 2. The fourth-order valence-electron chi connectivity index (χ4n) is 1.25. The number of aromatic nitrogens is 2. The highest BCUT2D eigenvalue weighted by molar-refractivity contribution is 7.80. The normalized spacial score (nSPS) is 10.8. The topological polar surface area (TPSA) is 74.6 Å². The Kier molecular flexibility index (Phi) is 5.29. The lowest BCUT2D eigenvalue weighted by molar-refractivity contribution is 0.934. The molecule has 2 aromatic heterocycles. The van der Waals surface area contributed by atoms with E-state index in [2.05, 4.69) is 31.0 Å². The summed E-state index contributed by atoms with van der Waals surface area (Å²) in [6.45, 7) is 0. The molecule has 0 aliphatic carbocycles. The number of rotatable bonds is 4. The fourth-order valence-corrected chi connectivity index (χ4v) is 1.36. The molecule has 2 rings (SSSR count). The van der Waals surface area contributed by atoms with Crippen molar-refractivity contribution >= 4 is 29.8 Å². The molecule has 0 bridgehead atoms.